The average Bonchev–Trinajstić information content (AvgIpc) is 3.20. The highest BCUT2D eigenvalue weighted by molar-refractivity contribution is 7.99. The molecule has 0 saturated carbocycles. The molecule has 0 saturated heterocycles. The van der Waals surface area contributed by atoms with E-state index in [9.17, 15) is 4.79 Å². The minimum atomic E-state index is 0.0537. The fraction of sp³-hybridized carbons (Fsp3) is 0.286. The molecule has 1 aliphatic carbocycles. The van der Waals surface area contributed by atoms with E-state index in [1.54, 1.807) is 12.1 Å². The van der Waals surface area contributed by atoms with Crippen LogP contribution in [0.5, 0.6) is 0 Å². The summed E-state index contributed by atoms with van der Waals surface area (Å²) >= 11 is 7.16. The van der Waals surface area contributed by atoms with Gasteiger partial charge in [-0.2, -0.15) is 0 Å². The maximum Gasteiger partial charge on any atom is 0.277 e. The summed E-state index contributed by atoms with van der Waals surface area (Å²) in [6, 6.07) is 15.7. The van der Waals surface area contributed by atoms with Crippen LogP contribution >= 0.6 is 23.4 Å². The Labute approximate surface area is 173 Å². The molecule has 1 heterocycles. The first-order valence-corrected chi connectivity index (χ1v) is 10.5. The molecule has 0 fully saturated rings. The molecule has 1 aliphatic rings. The van der Waals surface area contributed by atoms with Gasteiger partial charge in [-0.3, -0.25) is 4.79 Å². The minimum Gasteiger partial charge on any atom is -0.411 e. The summed E-state index contributed by atoms with van der Waals surface area (Å²) in [7, 11) is 1.88. The van der Waals surface area contributed by atoms with E-state index in [-0.39, 0.29) is 17.7 Å². The summed E-state index contributed by atoms with van der Waals surface area (Å²) in [5.41, 5.74) is 3.40. The highest BCUT2D eigenvalue weighted by Crippen LogP contribution is 2.34. The van der Waals surface area contributed by atoms with Gasteiger partial charge in [0.05, 0.1) is 11.8 Å². The highest BCUT2D eigenvalue weighted by Gasteiger charge is 2.26. The van der Waals surface area contributed by atoms with Gasteiger partial charge in [0.2, 0.25) is 11.8 Å². The Bertz CT molecular complexity index is 974. The Morgan fingerprint density at radius 1 is 1.21 bits per heavy atom. The lowest BCUT2D eigenvalue weighted by Gasteiger charge is -2.33. The number of hydrogen-bond donors (Lipinski definition) is 0. The summed E-state index contributed by atoms with van der Waals surface area (Å²) in [6.45, 7) is 0. The Kier molecular flexibility index (Phi) is 5.69. The Morgan fingerprint density at radius 2 is 2.00 bits per heavy atom. The van der Waals surface area contributed by atoms with Gasteiger partial charge < -0.3 is 9.32 Å². The molecule has 0 bridgehead atoms. The number of hydrogen-bond acceptors (Lipinski definition) is 5. The van der Waals surface area contributed by atoms with Crippen molar-refractivity contribution in [3.05, 3.63) is 64.7 Å². The molecule has 28 heavy (non-hydrogen) atoms. The van der Waals surface area contributed by atoms with Crippen LogP contribution in [0.3, 0.4) is 0 Å². The van der Waals surface area contributed by atoms with Crippen LogP contribution in [-0.4, -0.2) is 33.8 Å². The number of nitrogens with zero attached hydrogens (tertiary/aromatic N) is 3. The zero-order chi connectivity index (χ0) is 19.5. The lowest BCUT2D eigenvalue weighted by atomic mass is 9.87. The van der Waals surface area contributed by atoms with Crippen molar-refractivity contribution < 1.29 is 9.21 Å². The van der Waals surface area contributed by atoms with Gasteiger partial charge in [0.15, 0.2) is 0 Å². The molecular weight excluding hydrogens is 394 g/mol. The normalized spacial score (nSPS) is 15.9. The maximum atomic E-state index is 12.7. The Morgan fingerprint density at radius 3 is 2.82 bits per heavy atom. The molecule has 3 aromatic rings. The average molecular weight is 414 g/mol. The molecule has 1 aromatic heterocycles. The SMILES string of the molecule is CN(C(=O)CSc1nnc(-c2ccc(Cl)cc2)o1)C1CCCc2ccccc21. The number of aryl methyl sites for hydroxylation is 1. The predicted octanol–water partition coefficient (Wildman–Crippen LogP) is 5.02. The van der Waals surface area contributed by atoms with E-state index in [2.05, 4.69) is 28.4 Å². The van der Waals surface area contributed by atoms with E-state index in [0.29, 0.717) is 16.1 Å². The van der Waals surface area contributed by atoms with Crippen molar-refractivity contribution in [3.8, 4) is 11.5 Å². The standard InChI is InChI=1S/C21H20ClN3O2S/c1-25(18-8-4-6-14-5-2-3-7-17(14)18)19(26)13-28-21-24-23-20(27-21)15-9-11-16(22)12-10-15/h2-3,5,7,9-12,18H,4,6,8,13H2,1H3. The maximum absolute atomic E-state index is 12.7. The lowest BCUT2D eigenvalue weighted by Crippen LogP contribution is -2.34. The van der Waals surface area contributed by atoms with Gasteiger partial charge >= 0.3 is 0 Å². The van der Waals surface area contributed by atoms with E-state index in [0.717, 1.165) is 24.8 Å². The number of fused-ring (bicyclic) bond motifs is 1. The van der Waals surface area contributed by atoms with Crippen molar-refractivity contribution in [2.75, 3.05) is 12.8 Å². The van der Waals surface area contributed by atoms with Crippen LogP contribution in [0.25, 0.3) is 11.5 Å². The van der Waals surface area contributed by atoms with E-state index in [4.69, 9.17) is 16.0 Å². The predicted molar refractivity (Wildman–Crippen MR) is 110 cm³/mol. The first-order chi connectivity index (χ1) is 13.6. The van der Waals surface area contributed by atoms with Gasteiger partial charge in [-0.05, 0) is 54.7 Å². The van der Waals surface area contributed by atoms with Crippen molar-refractivity contribution in [3.63, 3.8) is 0 Å². The van der Waals surface area contributed by atoms with Crippen LogP contribution in [0.1, 0.15) is 30.0 Å². The minimum absolute atomic E-state index is 0.0537. The first-order valence-electron chi connectivity index (χ1n) is 9.17. The number of amides is 1. The lowest BCUT2D eigenvalue weighted by molar-refractivity contribution is -0.129. The van der Waals surface area contributed by atoms with Crippen LogP contribution < -0.4 is 0 Å². The number of carbonyl (C=O) groups excluding carboxylic acids is 1. The molecule has 7 heteroatoms. The van der Waals surface area contributed by atoms with Crippen LogP contribution in [0.4, 0.5) is 0 Å². The monoisotopic (exact) mass is 413 g/mol. The fourth-order valence-electron chi connectivity index (χ4n) is 3.51. The molecule has 144 valence electrons. The molecule has 1 unspecified atom stereocenters. The van der Waals surface area contributed by atoms with Crippen molar-refractivity contribution >= 4 is 29.3 Å². The number of halogens is 1. The van der Waals surface area contributed by atoms with Crippen LogP contribution in [0, 0.1) is 0 Å². The third kappa shape index (κ3) is 4.08. The van der Waals surface area contributed by atoms with Gasteiger partial charge in [0.25, 0.3) is 5.22 Å². The Hall–Kier alpha value is -2.31. The quantitative estimate of drug-likeness (QED) is 0.550. The molecule has 1 amide bonds. The van der Waals surface area contributed by atoms with E-state index in [1.807, 2.05) is 30.1 Å². The number of benzene rings is 2. The smallest absolute Gasteiger partial charge is 0.277 e. The van der Waals surface area contributed by atoms with Crippen LogP contribution in [0.15, 0.2) is 58.2 Å². The second kappa shape index (κ2) is 8.37. The van der Waals surface area contributed by atoms with Crippen molar-refractivity contribution in [2.45, 2.75) is 30.5 Å². The molecule has 0 aliphatic heterocycles. The number of rotatable bonds is 5. The number of thioether (sulfide) groups is 1. The summed E-state index contributed by atoms with van der Waals surface area (Å²) in [5.74, 6) is 0.733. The largest absolute Gasteiger partial charge is 0.411 e. The third-order valence-electron chi connectivity index (χ3n) is 5.02. The topological polar surface area (TPSA) is 59.2 Å². The van der Waals surface area contributed by atoms with Gasteiger partial charge in [-0.15, -0.1) is 10.2 Å². The van der Waals surface area contributed by atoms with Crippen molar-refractivity contribution in [1.82, 2.24) is 15.1 Å². The second-order valence-electron chi connectivity index (χ2n) is 6.78. The molecule has 2 aromatic carbocycles. The fourth-order valence-corrected chi connectivity index (χ4v) is 4.32. The summed E-state index contributed by atoms with van der Waals surface area (Å²) in [6.07, 6.45) is 3.17. The number of aromatic nitrogens is 2. The Balaban J connectivity index is 1.39. The molecule has 0 radical (unpaired) electrons. The molecule has 0 N–H and O–H groups in total. The molecule has 4 rings (SSSR count). The van der Waals surface area contributed by atoms with E-state index in [1.165, 1.54) is 22.9 Å². The van der Waals surface area contributed by atoms with E-state index >= 15 is 0 Å². The first kappa shape index (κ1) is 19.0. The zero-order valence-electron chi connectivity index (χ0n) is 15.5. The number of carbonyl (C=O) groups is 1. The summed E-state index contributed by atoms with van der Waals surface area (Å²) < 4.78 is 5.67. The van der Waals surface area contributed by atoms with Gasteiger partial charge in [-0.25, -0.2) is 0 Å². The van der Waals surface area contributed by atoms with Gasteiger partial charge in [-0.1, -0.05) is 47.6 Å². The van der Waals surface area contributed by atoms with Crippen LogP contribution in [-0.2, 0) is 11.2 Å². The molecule has 1 atom stereocenters. The summed E-state index contributed by atoms with van der Waals surface area (Å²) in [5, 5.41) is 9.12. The van der Waals surface area contributed by atoms with Crippen molar-refractivity contribution in [1.29, 1.82) is 0 Å². The van der Waals surface area contributed by atoms with Gasteiger partial charge in [0.1, 0.15) is 0 Å². The molecule has 5 nitrogen and oxygen atoms in total. The van der Waals surface area contributed by atoms with Gasteiger partial charge in [0, 0.05) is 17.6 Å². The summed E-state index contributed by atoms with van der Waals surface area (Å²) in [4.78, 5) is 14.6. The molecular formula is C21H20ClN3O2S. The van der Waals surface area contributed by atoms with E-state index < -0.39 is 0 Å². The third-order valence-corrected chi connectivity index (χ3v) is 6.07. The van der Waals surface area contributed by atoms with Crippen LogP contribution in [0.2, 0.25) is 5.02 Å². The van der Waals surface area contributed by atoms with Crippen molar-refractivity contribution in [2.24, 2.45) is 0 Å². The second-order valence-corrected chi connectivity index (χ2v) is 8.14. The molecule has 0 spiro atoms. The highest BCUT2D eigenvalue weighted by atomic mass is 35.5. The zero-order valence-corrected chi connectivity index (χ0v) is 17.0.